The molecule has 1 fully saturated rings. The van der Waals surface area contributed by atoms with E-state index in [4.69, 9.17) is 9.47 Å². The molecule has 0 aromatic heterocycles. The normalized spacial score (nSPS) is 26.2. The van der Waals surface area contributed by atoms with Crippen LogP contribution in [0, 0.1) is 5.92 Å². The fourth-order valence-corrected chi connectivity index (χ4v) is 3.71. The van der Waals surface area contributed by atoms with Gasteiger partial charge in [0.15, 0.2) is 0 Å². The second-order valence-electron chi connectivity index (χ2n) is 6.70. The molecule has 1 saturated heterocycles. The summed E-state index contributed by atoms with van der Waals surface area (Å²) in [5, 5.41) is 3.42. The van der Waals surface area contributed by atoms with Crippen LogP contribution in [0.4, 0.5) is 0 Å². The number of piperidine rings is 1. The van der Waals surface area contributed by atoms with E-state index in [1.165, 1.54) is 0 Å². The maximum absolute atomic E-state index is 12.9. The first-order valence-corrected chi connectivity index (χ1v) is 9.03. The Morgan fingerprint density at radius 2 is 2.17 bits per heavy atom. The van der Waals surface area contributed by atoms with Crippen molar-refractivity contribution in [1.82, 2.24) is 10.2 Å². The Kier molecular flexibility index (Phi) is 6.10. The van der Waals surface area contributed by atoms with Gasteiger partial charge in [0.05, 0.1) is 6.10 Å². The van der Waals surface area contributed by atoms with Gasteiger partial charge in [-0.25, -0.2) is 0 Å². The largest absolute Gasteiger partial charge is 0.492 e. The average molecular weight is 332 g/mol. The Hall–Kier alpha value is -1.59. The monoisotopic (exact) mass is 332 g/mol. The third-order valence-corrected chi connectivity index (χ3v) is 5.06. The van der Waals surface area contributed by atoms with Gasteiger partial charge in [0.2, 0.25) is 0 Å². The van der Waals surface area contributed by atoms with Gasteiger partial charge in [-0.1, -0.05) is 12.5 Å². The molecule has 0 saturated carbocycles. The lowest BCUT2D eigenvalue weighted by Crippen LogP contribution is -2.46. The summed E-state index contributed by atoms with van der Waals surface area (Å²) in [7, 11) is 1.79. The molecule has 24 heavy (non-hydrogen) atoms. The highest BCUT2D eigenvalue weighted by Crippen LogP contribution is 2.26. The fourth-order valence-electron chi connectivity index (χ4n) is 3.71. The molecular weight excluding hydrogens is 304 g/mol. The Labute approximate surface area is 144 Å². The molecule has 2 aliphatic heterocycles. The highest BCUT2D eigenvalue weighted by molar-refractivity contribution is 5.94. The summed E-state index contributed by atoms with van der Waals surface area (Å²) in [6.07, 6.45) is 4.61. The lowest BCUT2D eigenvalue weighted by molar-refractivity contribution is -0.00657. The molecule has 1 N–H and O–H groups in total. The van der Waals surface area contributed by atoms with Crippen LogP contribution in [0.2, 0.25) is 0 Å². The number of hydrogen-bond acceptors (Lipinski definition) is 4. The van der Waals surface area contributed by atoms with Gasteiger partial charge in [-0.2, -0.15) is 0 Å². The van der Waals surface area contributed by atoms with Gasteiger partial charge >= 0.3 is 0 Å². The third-order valence-electron chi connectivity index (χ3n) is 5.06. The average Bonchev–Trinajstić information content (AvgIpc) is 2.63. The predicted octanol–water partition coefficient (Wildman–Crippen LogP) is 2.32. The number of nitrogens with one attached hydrogen (secondary N) is 1. The van der Waals surface area contributed by atoms with Crippen LogP contribution in [-0.4, -0.2) is 56.8 Å². The summed E-state index contributed by atoms with van der Waals surface area (Å²) in [5.74, 6) is 1.30. The Bertz CT molecular complexity index is 549. The van der Waals surface area contributed by atoms with E-state index in [1.807, 2.05) is 29.2 Å². The lowest BCUT2D eigenvalue weighted by Gasteiger charge is -2.38. The van der Waals surface area contributed by atoms with Crippen molar-refractivity contribution in [2.45, 2.75) is 31.8 Å². The van der Waals surface area contributed by atoms with Gasteiger partial charge < -0.3 is 19.7 Å². The molecule has 5 nitrogen and oxygen atoms in total. The van der Waals surface area contributed by atoms with E-state index in [0.29, 0.717) is 18.1 Å². The second kappa shape index (κ2) is 8.49. The van der Waals surface area contributed by atoms with Crippen molar-refractivity contribution in [2.24, 2.45) is 5.92 Å². The number of ether oxygens (including phenoxy) is 2. The van der Waals surface area contributed by atoms with Crippen molar-refractivity contribution < 1.29 is 14.3 Å². The number of fused-ring (bicyclic) bond motifs is 4. The highest BCUT2D eigenvalue weighted by Gasteiger charge is 2.31. The standard InChI is InChI=1S/C19H28N2O3/c1-23-18-8-11-21-14-16(18)5-2-3-9-20-10-12-24-17-7-4-6-15(13-17)19(21)22/h4,6-7,13,16,18,20H,2-3,5,8-12,14H2,1H3/t16-,18+/m0/s1. The van der Waals surface area contributed by atoms with E-state index in [-0.39, 0.29) is 12.0 Å². The van der Waals surface area contributed by atoms with Gasteiger partial charge in [0.1, 0.15) is 12.4 Å². The topological polar surface area (TPSA) is 50.8 Å². The Balaban J connectivity index is 1.77. The number of benzene rings is 1. The minimum atomic E-state index is 0.105. The van der Waals surface area contributed by atoms with Gasteiger partial charge in [-0.05, 0) is 44.0 Å². The van der Waals surface area contributed by atoms with Crippen molar-refractivity contribution in [1.29, 1.82) is 0 Å². The molecule has 0 spiro atoms. The van der Waals surface area contributed by atoms with Crippen LogP contribution >= 0.6 is 0 Å². The van der Waals surface area contributed by atoms with E-state index in [9.17, 15) is 4.79 Å². The first kappa shape index (κ1) is 17.2. The quantitative estimate of drug-likeness (QED) is 0.857. The van der Waals surface area contributed by atoms with Crippen LogP contribution in [0.3, 0.4) is 0 Å². The smallest absolute Gasteiger partial charge is 0.254 e. The number of hydrogen-bond donors (Lipinski definition) is 1. The number of rotatable bonds is 1. The fraction of sp³-hybridized carbons (Fsp3) is 0.632. The molecule has 0 aliphatic carbocycles. The van der Waals surface area contributed by atoms with Gasteiger partial charge in [-0.3, -0.25) is 4.79 Å². The van der Waals surface area contributed by atoms with E-state index in [2.05, 4.69) is 5.32 Å². The molecular formula is C19H28N2O3. The van der Waals surface area contributed by atoms with Crippen LogP contribution in [0.15, 0.2) is 24.3 Å². The molecule has 0 unspecified atom stereocenters. The second-order valence-corrected chi connectivity index (χ2v) is 6.70. The van der Waals surface area contributed by atoms with E-state index in [0.717, 1.165) is 57.6 Å². The first-order valence-electron chi connectivity index (χ1n) is 9.03. The number of nitrogens with zero attached hydrogens (tertiary/aromatic N) is 1. The number of methoxy groups -OCH3 is 1. The first-order chi connectivity index (χ1) is 11.8. The minimum absolute atomic E-state index is 0.105. The molecule has 4 bridgehead atoms. The van der Waals surface area contributed by atoms with Crippen LogP contribution in [0.5, 0.6) is 5.75 Å². The molecule has 1 aromatic rings. The summed E-state index contributed by atoms with van der Waals surface area (Å²) < 4.78 is 11.4. The Morgan fingerprint density at radius 3 is 3.04 bits per heavy atom. The molecule has 5 heteroatoms. The zero-order chi connectivity index (χ0) is 16.8. The zero-order valence-corrected chi connectivity index (χ0v) is 14.5. The van der Waals surface area contributed by atoms with Crippen molar-refractivity contribution in [3.63, 3.8) is 0 Å². The van der Waals surface area contributed by atoms with E-state index in [1.54, 1.807) is 7.11 Å². The molecule has 132 valence electrons. The maximum atomic E-state index is 12.9. The predicted molar refractivity (Wildman–Crippen MR) is 93.5 cm³/mol. The molecule has 1 aromatic carbocycles. The molecule has 2 atom stereocenters. The summed E-state index contributed by atoms with van der Waals surface area (Å²) in [6, 6.07) is 7.55. The van der Waals surface area contributed by atoms with Crippen molar-refractivity contribution in [3.8, 4) is 5.75 Å². The van der Waals surface area contributed by atoms with Crippen molar-refractivity contribution >= 4 is 5.91 Å². The van der Waals surface area contributed by atoms with Gasteiger partial charge in [0.25, 0.3) is 5.91 Å². The van der Waals surface area contributed by atoms with Gasteiger partial charge in [0, 0.05) is 38.2 Å². The number of amides is 1. The van der Waals surface area contributed by atoms with E-state index >= 15 is 0 Å². The summed E-state index contributed by atoms with van der Waals surface area (Å²) >= 11 is 0. The molecule has 2 heterocycles. The number of carbonyl (C=O) groups excluding carboxylic acids is 1. The van der Waals surface area contributed by atoms with Crippen LogP contribution in [0.1, 0.15) is 36.0 Å². The van der Waals surface area contributed by atoms with Gasteiger partial charge in [-0.15, -0.1) is 0 Å². The number of carbonyl (C=O) groups is 1. The van der Waals surface area contributed by atoms with Crippen molar-refractivity contribution in [2.75, 3.05) is 39.9 Å². The lowest BCUT2D eigenvalue weighted by atomic mass is 9.89. The SMILES string of the molecule is CO[C@@H]1CCN2C[C@@H]1CCCCNCCOc1cccc(c1)C2=O. The van der Waals surface area contributed by atoms with Crippen LogP contribution in [-0.2, 0) is 4.74 Å². The Morgan fingerprint density at radius 1 is 1.25 bits per heavy atom. The summed E-state index contributed by atoms with van der Waals surface area (Å²) in [5.41, 5.74) is 0.713. The zero-order valence-electron chi connectivity index (χ0n) is 14.5. The maximum Gasteiger partial charge on any atom is 0.254 e. The molecule has 1 amide bonds. The highest BCUT2D eigenvalue weighted by atomic mass is 16.5. The third kappa shape index (κ3) is 4.28. The molecule has 2 aliphatic rings. The minimum Gasteiger partial charge on any atom is -0.492 e. The van der Waals surface area contributed by atoms with Crippen LogP contribution < -0.4 is 10.1 Å². The summed E-state index contributed by atoms with van der Waals surface area (Å²) in [6.45, 7) is 4.01. The van der Waals surface area contributed by atoms with E-state index < -0.39 is 0 Å². The molecule has 3 rings (SSSR count). The van der Waals surface area contributed by atoms with Crippen molar-refractivity contribution in [3.05, 3.63) is 29.8 Å². The molecule has 0 radical (unpaired) electrons. The van der Waals surface area contributed by atoms with Crippen LogP contribution in [0.25, 0.3) is 0 Å². The summed E-state index contributed by atoms with van der Waals surface area (Å²) in [4.78, 5) is 14.9.